The Balaban J connectivity index is 1.64. The molecule has 1 N–H and O–H groups in total. The normalized spacial score (nSPS) is 10.9. The number of ether oxygens (including phenoxy) is 1. The van der Waals surface area contributed by atoms with Gasteiger partial charge in [-0.1, -0.05) is 71.2 Å². The van der Waals surface area contributed by atoms with Crippen LogP contribution in [0.1, 0.15) is 11.1 Å². The molecule has 0 unspecified atom stereocenters. The molecule has 0 aliphatic heterocycles. The van der Waals surface area contributed by atoms with E-state index in [2.05, 4.69) is 5.32 Å². The second kappa shape index (κ2) is 9.13. The first kappa shape index (κ1) is 20.8. The molecule has 0 aromatic heterocycles. The van der Waals surface area contributed by atoms with Gasteiger partial charge in [-0.3, -0.25) is 0 Å². The predicted octanol–water partition coefficient (Wildman–Crippen LogP) is 8.13. The van der Waals surface area contributed by atoms with Gasteiger partial charge in [0.05, 0.1) is 15.7 Å². The largest absolute Gasteiger partial charge is 0.488 e. The maximum absolute atomic E-state index is 13.3. The van der Waals surface area contributed by atoms with E-state index in [0.717, 1.165) is 22.0 Å². The smallest absolute Gasteiger partial charge is 0.125 e. The maximum Gasteiger partial charge on any atom is 0.125 e. The molecule has 0 saturated heterocycles. The van der Waals surface area contributed by atoms with Crippen molar-refractivity contribution in [2.75, 3.05) is 5.32 Å². The molecule has 30 heavy (non-hydrogen) atoms. The highest BCUT2D eigenvalue weighted by molar-refractivity contribution is 6.35. The second-order valence-corrected chi connectivity index (χ2v) is 8.02. The number of fused-ring (bicyclic) bond motifs is 1. The highest BCUT2D eigenvalue weighted by atomic mass is 35.5. The van der Waals surface area contributed by atoms with Crippen LogP contribution in [0.4, 0.5) is 10.1 Å². The summed E-state index contributed by atoms with van der Waals surface area (Å²) in [4.78, 5) is 0. The minimum atomic E-state index is -0.377. The van der Waals surface area contributed by atoms with E-state index in [1.165, 1.54) is 12.1 Å². The Morgan fingerprint density at radius 1 is 0.833 bits per heavy atom. The van der Waals surface area contributed by atoms with Crippen LogP contribution in [0, 0.1) is 5.82 Å². The van der Waals surface area contributed by atoms with Gasteiger partial charge in [-0.05, 0) is 47.2 Å². The Kier molecular flexibility index (Phi) is 6.33. The van der Waals surface area contributed by atoms with Crippen molar-refractivity contribution in [3.05, 3.63) is 105 Å². The van der Waals surface area contributed by atoms with Gasteiger partial charge in [-0.2, -0.15) is 0 Å². The van der Waals surface area contributed by atoms with Crippen molar-refractivity contribution in [3.63, 3.8) is 0 Å². The van der Waals surface area contributed by atoms with Gasteiger partial charge in [0.2, 0.25) is 0 Å². The Morgan fingerprint density at radius 3 is 2.50 bits per heavy atom. The lowest BCUT2D eigenvalue weighted by atomic mass is 10.0. The first-order valence-electron chi connectivity index (χ1n) is 9.27. The third kappa shape index (κ3) is 4.65. The zero-order chi connectivity index (χ0) is 21.1. The van der Waals surface area contributed by atoms with Crippen molar-refractivity contribution in [1.82, 2.24) is 0 Å². The third-order valence-corrected chi connectivity index (χ3v) is 5.70. The summed E-state index contributed by atoms with van der Waals surface area (Å²) in [6.45, 7) is 0.705. The second-order valence-electron chi connectivity index (χ2n) is 6.77. The molecular weight excluding hydrogens is 444 g/mol. The van der Waals surface area contributed by atoms with Crippen molar-refractivity contribution in [2.24, 2.45) is 0 Å². The lowest BCUT2D eigenvalue weighted by Gasteiger charge is -2.17. The van der Waals surface area contributed by atoms with Crippen LogP contribution in [0.5, 0.6) is 5.75 Å². The van der Waals surface area contributed by atoms with E-state index in [0.29, 0.717) is 32.9 Å². The Bertz CT molecular complexity index is 1210. The number of benzene rings is 4. The fourth-order valence-electron chi connectivity index (χ4n) is 3.24. The molecule has 4 aromatic rings. The quantitative estimate of drug-likeness (QED) is 0.313. The van der Waals surface area contributed by atoms with Gasteiger partial charge in [-0.15, -0.1) is 0 Å². The fraction of sp³-hybridized carbons (Fsp3) is 0.0833. The summed E-state index contributed by atoms with van der Waals surface area (Å²) in [5.41, 5.74) is 2.43. The van der Waals surface area contributed by atoms with Crippen LogP contribution >= 0.6 is 34.8 Å². The zero-order valence-corrected chi connectivity index (χ0v) is 18.0. The first-order chi connectivity index (χ1) is 14.5. The van der Waals surface area contributed by atoms with Gasteiger partial charge in [0, 0.05) is 22.7 Å². The number of halogens is 4. The van der Waals surface area contributed by atoms with Crippen molar-refractivity contribution in [1.29, 1.82) is 0 Å². The summed E-state index contributed by atoms with van der Waals surface area (Å²) >= 11 is 18.5. The molecular formula is C24H17Cl3FNO. The number of nitrogens with one attached hydrogen (secondary N) is 1. The van der Waals surface area contributed by atoms with E-state index in [1.54, 1.807) is 24.3 Å². The van der Waals surface area contributed by atoms with Crippen LogP contribution in [-0.4, -0.2) is 0 Å². The van der Waals surface area contributed by atoms with Gasteiger partial charge in [0.25, 0.3) is 0 Å². The fourth-order valence-corrected chi connectivity index (χ4v) is 3.82. The van der Waals surface area contributed by atoms with Crippen molar-refractivity contribution < 1.29 is 9.13 Å². The van der Waals surface area contributed by atoms with Crippen LogP contribution in [0.3, 0.4) is 0 Å². The van der Waals surface area contributed by atoms with E-state index >= 15 is 0 Å². The van der Waals surface area contributed by atoms with Crippen LogP contribution < -0.4 is 10.1 Å². The predicted molar refractivity (Wildman–Crippen MR) is 123 cm³/mol. The molecule has 152 valence electrons. The average molecular weight is 461 g/mol. The number of anilines is 1. The molecule has 0 bridgehead atoms. The first-order valence-corrected chi connectivity index (χ1v) is 10.4. The van der Waals surface area contributed by atoms with Gasteiger partial charge in [0.15, 0.2) is 0 Å². The molecule has 0 amide bonds. The molecule has 2 nitrogen and oxygen atoms in total. The van der Waals surface area contributed by atoms with E-state index in [-0.39, 0.29) is 12.4 Å². The molecule has 0 atom stereocenters. The molecule has 0 fully saturated rings. The minimum Gasteiger partial charge on any atom is -0.488 e. The van der Waals surface area contributed by atoms with E-state index in [1.807, 2.05) is 36.4 Å². The molecule has 0 heterocycles. The van der Waals surface area contributed by atoms with Crippen molar-refractivity contribution in [2.45, 2.75) is 13.2 Å². The standard InChI is InChI=1S/C24H17Cl3FNO/c25-17-7-9-21(26)23(11-17)29-13-20-19-4-2-1-3-15(19)6-10-24(20)30-14-16-5-8-18(28)12-22(16)27/h1-12,29H,13-14H2. The van der Waals surface area contributed by atoms with Gasteiger partial charge in [0.1, 0.15) is 18.2 Å². The van der Waals surface area contributed by atoms with E-state index in [4.69, 9.17) is 39.5 Å². The lowest BCUT2D eigenvalue weighted by molar-refractivity contribution is 0.304. The van der Waals surface area contributed by atoms with Crippen molar-refractivity contribution >= 4 is 51.3 Å². The highest BCUT2D eigenvalue weighted by Crippen LogP contribution is 2.32. The highest BCUT2D eigenvalue weighted by Gasteiger charge is 2.12. The van der Waals surface area contributed by atoms with Gasteiger partial charge >= 0.3 is 0 Å². The molecule has 4 rings (SSSR count). The number of rotatable bonds is 6. The van der Waals surface area contributed by atoms with Crippen molar-refractivity contribution in [3.8, 4) is 5.75 Å². The van der Waals surface area contributed by atoms with E-state index < -0.39 is 0 Å². The summed E-state index contributed by atoms with van der Waals surface area (Å²) in [5, 5.41) is 7.02. The lowest BCUT2D eigenvalue weighted by Crippen LogP contribution is -2.05. The number of hydrogen-bond acceptors (Lipinski definition) is 2. The van der Waals surface area contributed by atoms with Crippen LogP contribution in [0.15, 0.2) is 72.8 Å². The summed E-state index contributed by atoms with van der Waals surface area (Å²) in [6.07, 6.45) is 0. The Labute approximate surface area is 189 Å². The zero-order valence-electron chi connectivity index (χ0n) is 15.8. The SMILES string of the molecule is Fc1ccc(COc2ccc3ccccc3c2CNc2cc(Cl)ccc2Cl)c(Cl)c1. The minimum absolute atomic E-state index is 0.225. The summed E-state index contributed by atoms with van der Waals surface area (Å²) in [7, 11) is 0. The summed E-state index contributed by atoms with van der Waals surface area (Å²) in [5.74, 6) is 0.331. The molecule has 0 aliphatic carbocycles. The van der Waals surface area contributed by atoms with Gasteiger partial charge < -0.3 is 10.1 Å². The molecule has 6 heteroatoms. The van der Waals surface area contributed by atoms with Crippen LogP contribution in [0.25, 0.3) is 10.8 Å². The summed E-state index contributed by atoms with van der Waals surface area (Å²) < 4.78 is 19.4. The molecule has 4 aromatic carbocycles. The third-order valence-electron chi connectivity index (χ3n) is 4.78. The topological polar surface area (TPSA) is 21.3 Å². The maximum atomic E-state index is 13.3. The molecule has 0 spiro atoms. The van der Waals surface area contributed by atoms with Crippen LogP contribution in [-0.2, 0) is 13.2 Å². The average Bonchev–Trinajstić information content (AvgIpc) is 2.74. The summed E-state index contributed by atoms with van der Waals surface area (Å²) in [6, 6.07) is 21.6. The molecule has 0 radical (unpaired) electrons. The van der Waals surface area contributed by atoms with Crippen LogP contribution in [0.2, 0.25) is 15.1 Å². The monoisotopic (exact) mass is 459 g/mol. The Morgan fingerprint density at radius 2 is 1.67 bits per heavy atom. The molecule has 0 aliphatic rings. The molecule has 0 saturated carbocycles. The van der Waals surface area contributed by atoms with Gasteiger partial charge in [-0.25, -0.2) is 4.39 Å². The number of hydrogen-bond donors (Lipinski definition) is 1. The Hall–Kier alpha value is -2.46. The van der Waals surface area contributed by atoms with E-state index in [9.17, 15) is 4.39 Å².